The third kappa shape index (κ3) is 5.08. The largest absolute Gasteiger partial charge is 0.345 e. The van der Waals surface area contributed by atoms with Gasteiger partial charge in [-0.2, -0.15) is 0 Å². The van der Waals surface area contributed by atoms with Crippen LogP contribution in [0.3, 0.4) is 0 Å². The molecule has 1 unspecified atom stereocenters. The predicted molar refractivity (Wildman–Crippen MR) is 105 cm³/mol. The minimum absolute atomic E-state index is 0.00768. The van der Waals surface area contributed by atoms with Crippen molar-refractivity contribution < 1.29 is 18.0 Å². The van der Waals surface area contributed by atoms with Gasteiger partial charge in [0.15, 0.2) is 10.9 Å². The van der Waals surface area contributed by atoms with Crippen molar-refractivity contribution in [3.63, 3.8) is 0 Å². The Bertz CT molecular complexity index is 967. The van der Waals surface area contributed by atoms with Crippen molar-refractivity contribution in [2.45, 2.75) is 50.3 Å². The number of Topliss-reactive ketones (excluding diaryl/α,β-unsaturated/α-hetero) is 1. The Morgan fingerprint density at radius 3 is 2.52 bits per heavy atom. The maximum Gasteiger partial charge on any atom is 0.238 e. The summed E-state index contributed by atoms with van der Waals surface area (Å²) in [5, 5.41) is 8.51. The lowest BCUT2D eigenvalue weighted by Crippen LogP contribution is -2.44. The van der Waals surface area contributed by atoms with Gasteiger partial charge in [0.1, 0.15) is 0 Å². The van der Waals surface area contributed by atoms with Gasteiger partial charge in [-0.3, -0.25) is 9.59 Å². The van der Waals surface area contributed by atoms with E-state index in [0.717, 1.165) is 5.52 Å². The van der Waals surface area contributed by atoms with E-state index in [4.69, 9.17) is 5.14 Å². The number of nitrogens with one attached hydrogen (secondary N) is 1. The Balaban J connectivity index is 2.21. The summed E-state index contributed by atoms with van der Waals surface area (Å²) >= 11 is 1.23. The van der Waals surface area contributed by atoms with E-state index in [1.54, 1.807) is 6.07 Å². The molecule has 1 aromatic heterocycles. The molecule has 0 aliphatic carbocycles. The van der Waals surface area contributed by atoms with Crippen LogP contribution in [0.15, 0.2) is 28.3 Å². The number of ketones is 1. The maximum absolute atomic E-state index is 12.2. The predicted octanol–water partition coefficient (Wildman–Crippen LogP) is 1.53. The molecule has 0 fully saturated rings. The average Bonchev–Trinajstić information content (AvgIpc) is 2.93. The fourth-order valence-corrected chi connectivity index (χ4v) is 4.19. The summed E-state index contributed by atoms with van der Waals surface area (Å²) in [5.41, 5.74) is 1.26. The van der Waals surface area contributed by atoms with E-state index < -0.39 is 16.1 Å². The van der Waals surface area contributed by atoms with E-state index in [9.17, 15) is 18.0 Å². The highest BCUT2D eigenvalue weighted by Crippen LogP contribution is 2.26. The van der Waals surface area contributed by atoms with Crippen LogP contribution in [-0.2, 0) is 26.2 Å². The third-order valence-corrected chi connectivity index (χ3v) is 5.97. The number of imidazole rings is 1. The number of nitrogens with zero attached hydrogens (tertiary/aromatic N) is 2. The maximum atomic E-state index is 12.2. The van der Waals surface area contributed by atoms with Gasteiger partial charge in [-0.15, -0.1) is 0 Å². The molecule has 27 heavy (non-hydrogen) atoms. The van der Waals surface area contributed by atoms with Crippen LogP contribution < -0.4 is 10.5 Å². The molecular formula is C17H24N4O4S2. The first-order chi connectivity index (χ1) is 12.5. The standard InChI is InChI=1S/C17H24N4O4S2/c1-5-21-14-7-6-12(27(18,24)25)8-13(14)19-17(21)26-9-15(23)20-16(10(2)3)11(4)22/h6-8,10,16H,5,9H2,1-4H3,(H,20,23)(H2,18,24,25). The van der Waals surface area contributed by atoms with Crippen molar-refractivity contribution in [2.24, 2.45) is 11.1 Å². The number of nitrogens with two attached hydrogens (primary N) is 1. The van der Waals surface area contributed by atoms with Crippen LogP contribution in [-0.4, -0.2) is 41.5 Å². The SMILES string of the molecule is CCn1c(SCC(=O)NC(C(C)=O)C(C)C)nc2cc(S(N)(=O)=O)ccc21. The van der Waals surface area contributed by atoms with E-state index in [1.165, 1.54) is 30.8 Å². The zero-order chi connectivity index (χ0) is 20.4. The summed E-state index contributed by atoms with van der Waals surface area (Å²) in [6, 6.07) is 4.00. The van der Waals surface area contributed by atoms with Crippen LogP contribution in [0.5, 0.6) is 0 Å². The highest BCUT2D eigenvalue weighted by molar-refractivity contribution is 7.99. The molecule has 0 radical (unpaired) electrons. The summed E-state index contributed by atoms with van der Waals surface area (Å²) in [5.74, 6) is -0.233. The molecule has 10 heteroatoms. The number of amides is 1. The number of hydrogen-bond donors (Lipinski definition) is 2. The minimum Gasteiger partial charge on any atom is -0.345 e. The molecule has 0 aliphatic heterocycles. The van der Waals surface area contributed by atoms with Gasteiger partial charge < -0.3 is 9.88 Å². The summed E-state index contributed by atoms with van der Waals surface area (Å²) in [4.78, 5) is 28.3. The van der Waals surface area contributed by atoms with Crippen molar-refractivity contribution in [1.29, 1.82) is 0 Å². The van der Waals surface area contributed by atoms with Gasteiger partial charge in [-0.25, -0.2) is 18.5 Å². The smallest absolute Gasteiger partial charge is 0.238 e. The van der Waals surface area contributed by atoms with E-state index in [1.807, 2.05) is 25.3 Å². The fourth-order valence-electron chi connectivity index (χ4n) is 2.76. The van der Waals surface area contributed by atoms with Gasteiger partial charge in [0.2, 0.25) is 15.9 Å². The number of hydrogen-bond acceptors (Lipinski definition) is 6. The number of fused-ring (bicyclic) bond motifs is 1. The molecule has 1 aromatic carbocycles. The van der Waals surface area contributed by atoms with Crippen LogP contribution in [0.2, 0.25) is 0 Å². The van der Waals surface area contributed by atoms with Crippen molar-refractivity contribution >= 4 is 44.5 Å². The van der Waals surface area contributed by atoms with Crippen molar-refractivity contribution in [1.82, 2.24) is 14.9 Å². The van der Waals surface area contributed by atoms with Gasteiger partial charge in [0, 0.05) is 6.54 Å². The number of carbonyl (C=O) groups excluding carboxylic acids is 2. The quantitative estimate of drug-likeness (QED) is 0.634. The number of benzene rings is 1. The zero-order valence-corrected chi connectivity index (χ0v) is 17.4. The van der Waals surface area contributed by atoms with Crippen molar-refractivity contribution in [3.8, 4) is 0 Å². The topological polar surface area (TPSA) is 124 Å². The van der Waals surface area contributed by atoms with E-state index in [2.05, 4.69) is 10.3 Å². The summed E-state index contributed by atoms with van der Waals surface area (Å²) < 4.78 is 24.9. The Morgan fingerprint density at radius 1 is 1.33 bits per heavy atom. The molecule has 0 spiro atoms. The molecule has 0 bridgehead atoms. The Kier molecular flexibility index (Phi) is 6.66. The molecule has 148 valence electrons. The van der Waals surface area contributed by atoms with Crippen molar-refractivity contribution in [2.75, 3.05) is 5.75 Å². The molecule has 1 amide bonds. The molecule has 0 aliphatic rings. The van der Waals surface area contributed by atoms with Gasteiger partial charge in [-0.05, 0) is 38.0 Å². The highest BCUT2D eigenvalue weighted by atomic mass is 32.2. The molecule has 1 atom stereocenters. The monoisotopic (exact) mass is 412 g/mol. The summed E-state index contributed by atoms with van der Waals surface area (Å²) in [6.45, 7) is 7.75. The van der Waals surface area contributed by atoms with E-state index in [-0.39, 0.29) is 28.3 Å². The van der Waals surface area contributed by atoms with Gasteiger partial charge in [0.05, 0.1) is 27.7 Å². The molecule has 0 saturated carbocycles. The summed E-state index contributed by atoms with van der Waals surface area (Å²) in [6.07, 6.45) is 0. The van der Waals surface area contributed by atoms with Crippen LogP contribution >= 0.6 is 11.8 Å². The minimum atomic E-state index is -3.81. The van der Waals surface area contributed by atoms with Gasteiger partial charge >= 0.3 is 0 Å². The lowest BCUT2D eigenvalue weighted by molar-refractivity contribution is -0.126. The third-order valence-electron chi connectivity index (χ3n) is 4.08. The molecule has 3 N–H and O–H groups in total. The van der Waals surface area contributed by atoms with Crippen LogP contribution in [0.4, 0.5) is 0 Å². The first-order valence-electron chi connectivity index (χ1n) is 8.50. The lowest BCUT2D eigenvalue weighted by atomic mass is 10.0. The second-order valence-electron chi connectivity index (χ2n) is 6.52. The molecule has 1 heterocycles. The molecule has 2 rings (SSSR count). The van der Waals surface area contributed by atoms with Gasteiger partial charge in [0.25, 0.3) is 0 Å². The Hall–Kier alpha value is -1.91. The van der Waals surface area contributed by atoms with Crippen LogP contribution in [0.1, 0.15) is 27.7 Å². The second kappa shape index (κ2) is 8.41. The van der Waals surface area contributed by atoms with Gasteiger partial charge in [-0.1, -0.05) is 25.6 Å². The molecule has 0 saturated heterocycles. The molecule has 8 nitrogen and oxygen atoms in total. The number of carbonyl (C=O) groups is 2. The van der Waals surface area contributed by atoms with Crippen LogP contribution in [0.25, 0.3) is 11.0 Å². The Labute approximate surface area is 162 Å². The first-order valence-corrected chi connectivity index (χ1v) is 11.0. The zero-order valence-electron chi connectivity index (χ0n) is 15.7. The number of sulfonamides is 1. The number of thioether (sulfide) groups is 1. The molecular weight excluding hydrogens is 388 g/mol. The lowest BCUT2D eigenvalue weighted by Gasteiger charge is -2.19. The summed E-state index contributed by atoms with van der Waals surface area (Å²) in [7, 11) is -3.81. The Morgan fingerprint density at radius 2 is 2.00 bits per heavy atom. The molecule has 2 aromatic rings. The first kappa shape index (κ1) is 21.4. The highest BCUT2D eigenvalue weighted by Gasteiger charge is 2.21. The normalized spacial score (nSPS) is 13.1. The second-order valence-corrected chi connectivity index (χ2v) is 9.03. The van der Waals surface area contributed by atoms with Crippen molar-refractivity contribution in [3.05, 3.63) is 18.2 Å². The number of aryl methyl sites for hydroxylation is 1. The number of aromatic nitrogens is 2. The van der Waals surface area contributed by atoms with E-state index >= 15 is 0 Å². The average molecular weight is 413 g/mol. The number of rotatable bonds is 8. The van der Waals surface area contributed by atoms with E-state index in [0.29, 0.717) is 17.2 Å². The fraction of sp³-hybridized carbons (Fsp3) is 0.471. The number of primary sulfonamides is 1. The van der Waals surface area contributed by atoms with Crippen LogP contribution in [0, 0.1) is 5.92 Å².